The second kappa shape index (κ2) is 4.19. The molecule has 1 aliphatic heterocycles. The third-order valence-corrected chi connectivity index (χ3v) is 4.18. The number of rotatable bonds is 2. The molecule has 0 radical (unpaired) electrons. The van der Waals surface area contributed by atoms with E-state index < -0.39 is 0 Å². The maximum Gasteiger partial charge on any atom is 0.0138 e. The van der Waals surface area contributed by atoms with Crippen molar-refractivity contribution < 1.29 is 0 Å². The smallest absolute Gasteiger partial charge is 0.0138 e. The Bertz CT molecular complexity index is 193. The van der Waals surface area contributed by atoms with Gasteiger partial charge >= 0.3 is 0 Å². The van der Waals surface area contributed by atoms with Gasteiger partial charge in [-0.2, -0.15) is 0 Å². The molecule has 14 heavy (non-hydrogen) atoms. The molecule has 2 aliphatic rings. The van der Waals surface area contributed by atoms with E-state index in [0.717, 1.165) is 30.5 Å². The molecule has 0 amide bonds. The Balaban J connectivity index is 2.00. The normalized spacial score (nSPS) is 44.8. The zero-order chi connectivity index (χ0) is 10.1. The van der Waals surface area contributed by atoms with Crippen molar-refractivity contribution in [3.05, 3.63) is 0 Å². The molecular weight excluding hydrogens is 172 g/mol. The summed E-state index contributed by atoms with van der Waals surface area (Å²) in [6, 6.07) is 1.60. The molecule has 0 spiro atoms. The fourth-order valence-corrected chi connectivity index (χ4v) is 3.52. The summed E-state index contributed by atoms with van der Waals surface area (Å²) < 4.78 is 0. The largest absolute Gasteiger partial charge is 0.330 e. The van der Waals surface area contributed by atoms with E-state index in [2.05, 4.69) is 18.7 Å². The highest BCUT2D eigenvalue weighted by molar-refractivity contribution is 4.92. The van der Waals surface area contributed by atoms with Crippen LogP contribution < -0.4 is 5.73 Å². The Hall–Kier alpha value is -0.0800. The average molecular weight is 196 g/mol. The monoisotopic (exact) mass is 196 g/mol. The van der Waals surface area contributed by atoms with E-state index in [0.29, 0.717) is 0 Å². The lowest BCUT2D eigenvalue weighted by Crippen LogP contribution is -2.42. The highest BCUT2D eigenvalue weighted by atomic mass is 15.2. The van der Waals surface area contributed by atoms with Crippen LogP contribution >= 0.6 is 0 Å². The third kappa shape index (κ3) is 1.82. The molecule has 1 heterocycles. The van der Waals surface area contributed by atoms with Crippen molar-refractivity contribution >= 4 is 0 Å². The van der Waals surface area contributed by atoms with Crippen molar-refractivity contribution in [3.8, 4) is 0 Å². The molecule has 1 saturated carbocycles. The van der Waals surface area contributed by atoms with Gasteiger partial charge in [-0.1, -0.05) is 13.3 Å². The quantitative estimate of drug-likeness (QED) is 0.730. The van der Waals surface area contributed by atoms with E-state index in [-0.39, 0.29) is 0 Å². The predicted molar refractivity (Wildman–Crippen MR) is 60.1 cm³/mol. The van der Waals surface area contributed by atoms with Crippen LogP contribution in [0.1, 0.15) is 39.5 Å². The minimum absolute atomic E-state index is 0.780. The van der Waals surface area contributed by atoms with Crippen molar-refractivity contribution in [3.63, 3.8) is 0 Å². The minimum Gasteiger partial charge on any atom is -0.330 e. The lowest BCUT2D eigenvalue weighted by molar-refractivity contribution is 0.153. The molecule has 0 aromatic rings. The zero-order valence-electron chi connectivity index (χ0n) is 9.58. The second-order valence-electron chi connectivity index (χ2n) is 5.38. The topological polar surface area (TPSA) is 29.3 Å². The fraction of sp³-hybridized carbons (Fsp3) is 1.00. The first-order chi connectivity index (χ1) is 6.72. The summed E-state index contributed by atoms with van der Waals surface area (Å²) in [7, 11) is 0. The van der Waals surface area contributed by atoms with Crippen LogP contribution in [-0.2, 0) is 0 Å². The minimum atomic E-state index is 0.780. The van der Waals surface area contributed by atoms with Crippen LogP contribution in [0.2, 0.25) is 0 Å². The number of nitrogens with two attached hydrogens (primary N) is 1. The van der Waals surface area contributed by atoms with Crippen LogP contribution in [0, 0.1) is 11.8 Å². The van der Waals surface area contributed by atoms with E-state index in [9.17, 15) is 0 Å². The van der Waals surface area contributed by atoms with Gasteiger partial charge in [0.05, 0.1) is 0 Å². The summed E-state index contributed by atoms with van der Waals surface area (Å²) in [6.45, 7) is 6.96. The van der Waals surface area contributed by atoms with Gasteiger partial charge in [-0.05, 0) is 44.6 Å². The van der Waals surface area contributed by atoms with E-state index in [1.807, 2.05) is 0 Å². The zero-order valence-corrected chi connectivity index (χ0v) is 9.58. The van der Waals surface area contributed by atoms with E-state index in [4.69, 9.17) is 5.73 Å². The van der Waals surface area contributed by atoms with E-state index >= 15 is 0 Å². The summed E-state index contributed by atoms with van der Waals surface area (Å²) in [5.41, 5.74) is 5.85. The Morgan fingerprint density at radius 2 is 2.07 bits per heavy atom. The van der Waals surface area contributed by atoms with Gasteiger partial charge in [0.25, 0.3) is 0 Å². The van der Waals surface area contributed by atoms with Gasteiger partial charge in [0, 0.05) is 18.6 Å². The lowest BCUT2D eigenvalue weighted by atomic mass is 10.0. The number of hydrogen-bond acceptors (Lipinski definition) is 2. The van der Waals surface area contributed by atoms with Crippen molar-refractivity contribution in [2.45, 2.75) is 51.6 Å². The Morgan fingerprint density at radius 1 is 1.29 bits per heavy atom. The van der Waals surface area contributed by atoms with Crippen LogP contribution in [-0.4, -0.2) is 30.1 Å². The standard InChI is InChI=1S/C12H24N2/c1-9-6-10(2)14(8-9)12-5-3-4-11(12)7-13/h9-12H,3-8,13H2,1-2H3. The first-order valence-corrected chi connectivity index (χ1v) is 6.18. The lowest BCUT2D eigenvalue weighted by Gasteiger charge is -2.32. The number of nitrogens with zero attached hydrogens (tertiary/aromatic N) is 1. The van der Waals surface area contributed by atoms with Gasteiger partial charge in [0.15, 0.2) is 0 Å². The number of hydrogen-bond donors (Lipinski definition) is 1. The van der Waals surface area contributed by atoms with Crippen LogP contribution in [0.4, 0.5) is 0 Å². The molecular formula is C12H24N2. The van der Waals surface area contributed by atoms with Crippen LogP contribution in [0.5, 0.6) is 0 Å². The summed E-state index contributed by atoms with van der Waals surface area (Å²) in [6.07, 6.45) is 5.52. The van der Waals surface area contributed by atoms with Crippen molar-refractivity contribution in [1.29, 1.82) is 0 Å². The van der Waals surface area contributed by atoms with Crippen LogP contribution in [0.3, 0.4) is 0 Å². The van der Waals surface area contributed by atoms with Crippen LogP contribution in [0.15, 0.2) is 0 Å². The molecule has 1 aliphatic carbocycles. The first-order valence-electron chi connectivity index (χ1n) is 6.18. The SMILES string of the molecule is CC1CC(C)N(C2CCCC2CN)C1. The second-order valence-corrected chi connectivity index (χ2v) is 5.38. The Labute approximate surface area is 87.8 Å². The van der Waals surface area contributed by atoms with Gasteiger partial charge in [0.2, 0.25) is 0 Å². The summed E-state index contributed by atoms with van der Waals surface area (Å²) >= 11 is 0. The highest BCUT2D eigenvalue weighted by Crippen LogP contribution is 2.35. The molecule has 0 aromatic heterocycles. The van der Waals surface area contributed by atoms with Crippen molar-refractivity contribution in [2.75, 3.05) is 13.1 Å². The average Bonchev–Trinajstić information content (AvgIpc) is 2.71. The van der Waals surface area contributed by atoms with Crippen molar-refractivity contribution in [2.24, 2.45) is 17.6 Å². The summed E-state index contributed by atoms with van der Waals surface area (Å²) in [4.78, 5) is 2.73. The molecule has 0 bridgehead atoms. The molecule has 82 valence electrons. The molecule has 2 N–H and O–H groups in total. The Kier molecular flexibility index (Phi) is 3.13. The molecule has 2 fully saturated rings. The van der Waals surface area contributed by atoms with Gasteiger partial charge in [-0.3, -0.25) is 4.90 Å². The van der Waals surface area contributed by atoms with E-state index in [1.165, 1.54) is 32.2 Å². The molecule has 2 heteroatoms. The van der Waals surface area contributed by atoms with Crippen molar-refractivity contribution in [1.82, 2.24) is 4.90 Å². The van der Waals surface area contributed by atoms with Gasteiger partial charge < -0.3 is 5.73 Å². The van der Waals surface area contributed by atoms with Gasteiger partial charge in [-0.15, -0.1) is 0 Å². The molecule has 0 aromatic carbocycles. The molecule has 4 atom stereocenters. The van der Waals surface area contributed by atoms with Gasteiger partial charge in [-0.25, -0.2) is 0 Å². The first kappa shape index (κ1) is 10.4. The van der Waals surface area contributed by atoms with Gasteiger partial charge in [0.1, 0.15) is 0 Å². The predicted octanol–water partition coefficient (Wildman–Crippen LogP) is 1.84. The molecule has 2 rings (SSSR count). The summed E-state index contributed by atoms with van der Waals surface area (Å²) in [5, 5.41) is 0. The molecule has 2 nitrogen and oxygen atoms in total. The maximum atomic E-state index is 5.85. The molecule has 1 saturated heterocycles. The Morgan fingerprint density at radius 3 is 2.64 bits per heavy atom. The summed E-state index contributed by atoms with van der Waals surface area (Å²) in [5.74, 6) is 1.67. The highest BCUT2D eigenvalue weighted by Gasteiger charge is 2.37. The fourth-order valence-electron chi connectivity index (χ4n) is 3.52. The number of likely N-dealkylation sites (tertiary alicyclic amines) is 1. The van der Waals surface area contributed by atoms with Crippen LogP contribution in [0.25, 0.3) is 0 Å². The van der Waals surface area contributed by atoms with E-state index in [1.54, 1.807) is 0 Å². The molecule has 4 unspecified atom stereocenters. The maximum absolute atomic E-state index is 5.85. The third-order valence-electron chi connectivity index (χ3n) is 4.18.